The highest BCUT2D eigenvalue weighted by atomic mass is 16.2. The van der Waals surface area contributed by atoms with E-state index in [-0.39, 0.29) is 23.9 Å². The van der Waals surface area contributed by atoms with Crippen molar-refractivity contribution in [2.45, 2.75) is 77.3 Å². The topological polar surface area (TPSA) is 70.2 Å². The van der Waals surface area contributed by atoms with Crippen LogP contribution in [0.2, 0.25) is 0 Å². The third-order valence-electron chi connectivity index (χ3n) is 4.08. The fourth-order valence-corrected chi connectivity index (χ4v) is 2.54. The summed E-state index contributed by atoms with van der Waals surface area (Å²) in [5.41, 5.74) is 1.04. The molecular weight excluding hydrogens is 278 g/mol. The summed E-state index contributed by atoms with van der Waals surface area (Å²) >= 11 is 0. The van der Waals surface area contributed by atoms with Gasteiger partial charge in [0.05, 0.1) is 0 Å². The molecule has 0 saturated carbocycles. The molecule has 1 heterocycles. The highest BCUT2D eigenvalue weighted by Crippen LogP contribution is 2.10. The first-order valence-electron chi connectivity index (χ1n) is 8.60. The number of piperazine rings is 1. The van der Waals surface area contributed by atoms with Crippen LogP contribution >= 0.6 is 0 Å². The Bertz CT molecular complexity index is 382. The number of amides is 2. The number of rotatable bonds is 11. The lowest BCUT2D eigenvalue weighted by molar-refractivity contribution is -0.137. The molecule has 5 heteroatoms. The van der Waals surface area contributed by atoms with Gasteiger partial charge in [-0.15, -0.1) is 0 Å². The second-order valence-corrected chi connectivity index (χ2v) is 6.00. The molecule has 2 amide bonds. The molecule has 3 N–H and O–H groups in total. The Hall–Kier alpha value is -1.52. The van der Waals surface area contributed by atoms with Crippen LogP contribution in [0, 0.1) is 0 Å². The third kappa shape index (κ3) is 6.50. The molecule has 0 aromatic heterocycles. The van der Waals surface area contributed by atoms with Gasteiger partial charge in [0.25, 0.3) is 0 Å². The second kappa shape index (κ2) is 10.2. The third-order valence-corrected chi connectivity index (χ3v) is 4.08. The molecule has 2 unspecified atom stereocenters. The molecule has 0 bridgehead atoms. The minimum Gasteiger partial charge on any atom is -0.389 e. The molecule has 1 aliphatic rings. The monoisotopic (exact) mass is 309 g/mol. The van der Waals surface area contributed by atoms with E-state index in [4.69, 9.17) is 0 Å². The average Bonchev–Trinajstić information content (AvgIpc) is 2.51. The molecule has 1 fully saturated rings. The van der Waals surface area contributed by atoms with Gasteiger partial charge in [-0.3, -0.25) is 9.59 Å². The molecule has 2 atom stereocenters. The highest BCUT2D eigenvalue weighted by molar-refractivity contribution is 5.96. The van der Waals surface area contributed by atoms with Crippen molar-refractivity contribution >= 4 is 11.8 Å². The van der Waals surface area contributed by atoms with Crippen LogP contribution in [-0.4, -0.2) is 30.4 Å². The second-order valence-electron chi connectivity index (χ2n) is 6.00. The summed E-state index contributed by atoms with van der Waals surface area (Å²) in [5, 5.41) is 8.97. The van der Waals surface area contributed by atoms with Crippen LogP contribution in [0.5, 0.6) is 0 Å². The maximum atomic E-state index is 12.0. The number of hydrogen-bond acceptors (Lipinski definition) is 3. The zero-order valence-electron chi connectivity index (χ0n) is 14.0. The van der Waals surface area contributed by atoms with Crippen LogP contribution in [0.4, 0.5) is 0 Å². The summed E-state index contributed by atoms with van der Waals surface area (Å²) < 4.78 is 0. The van der Waals surface area contributed by atoms with Gasteiger partial charge in [-0.2, -0.15) is 0 Å². The Morgan fingerprint density at radius 3 is 2.05 bits per heavy atom. The van der Waals surface area contributed by atoms with Crippen molar-refractivity contribution in [2.24, 2.45) is 0 Å². The number of unbranched alkanes of at least 4 members (excludes halogenated alkanes) is 3. The molecule has 5 nitrogen and oxygen atoms in total. The molecule has 126 valence electrons. The summed E-state index contributed by atoms with van der Waals surface area (Å²) in [5.74, 6) is -0.0646. The van der Waals surface area contributed by atoms with E-state index in [1.807, 2.05) is 0 Å². The van der Waals surface area contributed by atoms with E-state index in [2.05, 4.69) is 36.4 Å². The first-order chi connectivity index (χ1) is 10.6. The summed E-state index contributed by atoms with van der Waals surface area (Å²) in [6.45, 7) is 8.95. The summed E-state index contributed by atoms with van der Waals surface area (Å²) in [4.78, 5) is 24.1. The Morgan fingerprint density at radius 1 is 1.00 bits per heavy atom. The van der Waals surface area contributed by atoms with E-state index in [9.17, 15) is 9.59 Å². The van der Waals surface area contributed by atoms with Gasteiger partial charge in [0, 0.05) is 12.2 Å². The Morgan fingerprint density at radius 2 is 1.55 bits per heavy atom. The smallest absolute Gasteiger partial charge is 0.243 e. The quantitative estimate of drug-likeness (QED) is 0.513. The zero-order chi connectivity index (χ0) is 16.4. The lowest BCUT2D eigenvalue weighted by atomic mass is 10.0. The number of nitrogens with one attached hydrogen (secondary N) is 3. The molecule has 22 heavy (non-hydrogen) atoms. The van der Waals surface area contributed by atoms with Crippen molar-refractivity contribution in [3.63, 3.8) is 0 Å². The maximum Gasteiger partial charge on any atom is 0.243 e. The molecule has 0 radical (unpaired) electrons. The predicted octanol–water partition coefficient (Wildman–Crippen LogP) is 2.23. The van der Waals surface area contributed by atoms with Gasteiger partial charge in [-0.1, -0.05) is 39.7 Å². The average molecular weight is 309 g/mol. The van der Waals surface area contributed by atoms with Crippen LogP contribution < -0.4 is 16.0 Å². The molecule has 0 aromatic rings. The van der Waals surface area contributed by atoms with Gasteiger partial charge in [-0.25, -0.2) is 0 Å². The van der Waals surface area contributed by atoms with Crippen LogP contribution in [0.25, 0.3) is 0 Å². The van der Waals surface area contributed by atoms with Crippen LogP contribution in [0.1, 0.15) is 65.2 Å². The van der Waals surface area contributed by atoms with Crippen molar-refractivity contribution in [3.8, 4) is 0 Å². The van der Waals surface area contributed by atoms with Gasteiger partial charge >= 0.3 is 0 Å². The van der Waals surface area contributed by atoms with Gasteiger partial charge in [-0.05, 0) is 32.1 Å². The van der Waals surface area contributed by atoms with E-state index in [1.54, 1.807) is 0 Å². The fraction of sp³-hybridized carbons (Fsp3) is 0.765. The molecule has 0 aromatic carbocycles. The van der Waals surface area contributed by atoms with Gasteiger partial charge < -0.3 is 16.0 Å². The summed E-state index contributed by atoms with van der Waals surface area (Å²) in [6.07, 6.45) is 7.43. The minimum absolute atomic E-state index is 0.0295. The van der Waals surface area contributed by atoms with E-state index in [1.165, 1.54) is 0 Å². The van der Waals surface area contributed by atoms with E-state index in [0.717, 1.165) is 57.2 Å². The fourth-order valence-electron chi connectivity index (χ4n) is 2.54. The van der Waals surface area contributed by atoms with Crippen molar-refractivity contribution < 1.29 is 9.59 Å². The Kier molecular flexibility index (Phi) is 8.63. The first-order valence-corrected chi connectivity index (χ1v) is 8.60. The first kappa shape index (κ1) is 18.5. The number of carbonyl (C=O) groups excluding carboxylic acids is 2. The number of allylic oxidation sites excluding steroid dienone is 1. The maximum absolute atomic E-state index is 12.0. The zero-order valence-corrected chi connectivity index (χ0v) is 14.0. The summed E-state index contributed by atoms with van der Waals surface area (Å²) in [7, 11) is 0. The van der Waals surface area contributed by atoms with Gasteiger partial charge in [0.15, 0.2) is 0 Å². The van der Waals surface area contributed by atoms with Gasteiger partial charge in [0.1, 0.15) is 12.1 Å². The Balaban J connectivity index is 2.22. The lowest BCUT2D eigenvalue weighted by Crippen LogP contribution is -2.61. The van der Waals surface area contributed by atoms with Crippen LogP contribution in [0.3, 0.4) is 0 Å². The normalized spacial score (nSPS) is 21.2. The molecule has 0 aliphatic carbocycles. The molecule has 1 saturated heterocycles. The van der Waals surface area contributed by atoms with E-state index in [0.29, 0.717) is 6.42 Å². The molecule has 1 aliphatic heterocycles. The van der Waals surface area contributed by atoms with Crippen molar-refractivity contribution in [1.29, 1.82) is 0 Å². The number of carbonyl (C=O) groups is 2. The predicted molar refractivity (Wildman–Crippen MR) is 89.3 cm³/mol. The van der Waals surface area contributed by atoms with Crippen LogP contribution in [0.15, 0.2) is 12.3 Å². The highest BCUT2D eigenvalue weighted by Gasteiger charge is 2.32. The lowest BCUT2D eigenvalue weighted by Gasteiger charge is -2.29. The van der Waals surface area contributed by atoms with Crippen molar-refractivity contribution in [3.05, 3.63) is 12.3 Å². The standard InChI is InChI=1S/C17H31N3O2/c1-4-6-7-10-14-16(21)20-15(17(22)19-14)11-8-9-12-18-13(3)5-2/h14-15,18H,3-12H2,1-2H3,(H,19,22)(H,20,21). The largest absolute Gasteiger partial charge is 0.389 e. The minimum atomic E-state index is -0.371. The Labute approximate surface area is 134 Å². The van der Waals surface area contributed by atoms with Crippen molar-refractivity contribution in [2.75, 3.05) is 6.54 Å². The van der Waals surface area contributed by atoms with Gasteiger partial charge in [0.2, 0.25) is 11.8 Å². The summed E-state index contributed by atoms with van der Waals surface area (Å²) in [6, 6.07) is -0.714. The van der Waals surface area contributed by atoms with E-state index < -0.39 is 0 Å². The molecule has 1 rings (SSSR count). The van der Waals surface area contributed by atoms with Crippen molar-refractivity contribution in [1.82, 2.24) is 16.0 Å². The van der Waals surface area contributed by atoms with Crippen LogP contribution in [-0.2, 0) is 9.59 Å². The molecular formula is C17H31N3O2. The SMILES string of the molecule is C=C(CC)NCCCCC1NC(=O)C(CCCCC)NC1=O. The van der Waals surface area contributed by atoms with E-state index >= 15 is 0 Å². The molecule has 0 spiro atoms. The number of hydrogen-bond donors (Lipinski definition) is 3.